The second-order valence-electron chi connectivity index (χ2n) is 11.7. The minimum atomic E-state index is -1.15. The molecule has 1 aromatic rings. The Morgan fingerprint density at radius 3 is 2.54 bits per heavy atom. The normalized spacial score (nSPS) is 27.9. The van der Waals surface area contributed by atoms with Crippen LogP contribution in [0.15, 0.2) is 18.2 Å². The number of ketones is 1. The van der Waals surface area contributed by atoms with Crippen LogP contribution in [0.4, 0.5) is 4.79 Å². The van der Waals surface area contributed by atoms with Crippen LogP contribution < -0.4 is 0 Å². The average Bonchev–Trinajstić information content (AvgIpc) is 3.45. The number of fused-ring (bicyclic) bond motifs is 3. The molecule has 4 rings (SSSR count). The van der Waals surface area contributed by atoms with Gasteiger partial charge in [0, 0.05) is 44.4 Å². The predicted molar refractivity (Wildman–Crippen MR) is 135 cm³/mol. The summed E-state index contributed by atoms with van der Waals surface area (Å²) in [6.07, 6.45) is 0.373. The molecular weight excluding hydrogens is 476 g/mol. The fourth-order valence-corrected chi connectivity index (χ4v) is 5.52. The summed E-state index contributed by atoms with van der Waals surface area (Å²) in [5, 5.41) is 9.87. The highest BCUT2D eigenvalue weighted by atomic mass is 16.6. The summed E-state index contributed by atoms with van der Waals surface area (Å²) in [7, 11) is 0. The van der Waals surface area contributed by atoms with Crippen LogP contribution in [0.2, 0.25) is 0 Å². The molecule has 1 N–H and O–H groups in total. The van der Waals surface area contributed by atoms with Gasteiger partial charge in [-0.25, -0.2) is 9.59 Å². The number of amides is 2. The summed E-state index contributed by atoms with van der Waals surface area (Å²) in [6, 6.07) is 4.94. The molecule has 0 aromatic heterocycles. The zero-order chi connectivity index (χ0) is 26.9. The molecule has 3 heterocycles. The zero-order valence-corrected chi connectivity index (χ0v) is 22.2. The van der Waals surface area contributed by atoms with Gasteiger partial charge in [0.15, 0.2) is 0 Å². The maximum absolute atomic E-state index is 13.7. The van der Waals surface area contributed by atoms with Crippen LogP contribution in [-0.2, 0) is 43.4 Å². The summed E-state index contributed by atoms with van der Waals surface area (Å²) < 4.78 is 11.6. The Hall–Kier alpha value is -2.94. The van der Waals surface area contributed by atoms with E-state index in [-0.39, 0.29) is 37.7 Å². The number of aliphatic carboxylic acids is 1. The maximum Gasteiger partial charge on any atom is 0.410 e. The van der Waals surface area contributed by atoms with E-state index in [1.807, 2.05) is 32.9 Å². The third-order valence-electron chi connectivity index (χ3n) is 7.84. The van der Waals surface area contributed by atoms with Gasteiger partial charge in [-0.1, -0.05) is 45.9 Å². The van der Waals surface area contributed by atoms with Gasteiger partial charge in [-0.05, 0) is 34.9 Å². The number of carbonyl (C=O) groups is 4. The van der Waals surface area contributed by atoms with Gasteiger partial charge in [0.25, 0.3) is 0 Å². The van der Waals surface area contributed by atoms with Crippen LogP contribution in [0, 0.1) is 17.3 Å². The lowest BCUT2D eigenvalue weighted by molar-refractivity contribution is -0.152. The molecule has 0 radical (unpaired) electrons. The third kappa shape index (κ3) is 5.98. The molecule has 37 heavy (non-hydrogen) atoms. The fraction of sp³-hybridized carbons (Fsp3) is 0.643. The van der Waals surface area contributed by atoms with Gasteiger partial charge < -0.3 is 19.5 Å². The lowest BCUT2D eigenvalue weighted by atomic mass is 9.75. The van der Waals surface area contributed by atoms with Crippen molar-refractivity contribution >= 4 is 23.8 Å². The van der Waals surface area contributed by atoms with Crippen LogP contribution in [0.5, 0.6) is 0 Å². The van der Waals surface area contributed by atoms with Crippen LogP contribution >= 0.6 is 0 Å². The van der Waals surface area contributed by atoms with Crippen molar-refractivity contribution in [1.82, 2.24) is 9.80 Å². The second kappa shape index (κ2) is 10.8. The van der Waals surface area contributed by atoms with Gasteiger partial charge in [-0.2, -0.15) is 0 Å². The van der Waals surface area contributed by atoms with Crippen LogP contribution in [0.25, 0.3) is 0 Å². The van der Waals surface area contributed by atoms with E-state index in [0.717, 1.165) is 29.5 Å². The number of nitrogens with zero attached hydrogens (tertiary/aromatic N) is 2. The number of Topliss-reactive ketones (excluding diaryl/α,β-unsaturated/α-hetero) is 1. The number of carboxylic acid groups (broad SMARTS) is 1. The van der Waals surface area contributed by atoms with E-state index in [9.17, 15) is 24.3 Å². The van der Waals surface area contributed by atoms with Crippen LogP contribution in [-0.4, -0.2) is 70.6 Å². The first-order valence-corrected chi connectivity index (χ1v) is 13.1. The molecule has 9 heteroatoms. The number of carbonyl (C=O) groups excluding carboxylic acids is 3. The first-order valence-electron chi connectivity index (χ1n) is 13.1. The largest absolute Gasteiger partial charge is 0.480 e. The monoisotopic (exact) mass is 514 g/mol. The molecule has 0 aliphatic carbocycles. The number of hydrogen-bond donors (Lipinski definition) is 1. The lowest BCUT2D eigenvalue weighted by Crippen LogP contribution is -2.47. The number of aryl methyl sites for hydroxylation is 1. The number of benzene rings is 1. The highest BCUT2D eigenvalue weighted by Crippen LogP contribution is 2.35. The first kappa shape index (κ1) is 27.1. The molecule has 9 nitrogen and oxygen atoms in total. The highest BCUT2D eigenvalue weighted by Gasteiger charge is 2.46. The summed E-state index contributed by atoms with van der Waals surface area (Å²) in [4.78, 5) is 54.8. The second-order valence-corrected chi connectivity index (χ2v) is 11.7. The minimum absolute atomic E-state index is 0.00405. The molecule has 202 valence electrons. The molecule has 0 unspecified atom stereocenters. The smallest absolute Gasteiger partial charge is 0.410 e. The summed E-state index contributed by atoms with van der Waals surface area (Å²) >= 11 is 0. The Kier molecular flexibility index (Phi) is 7.92. The number of ether oxygens (including phenoxy) is 2. The van der Waals surface area contributed by atoms with Gasteiger partial charge in [-0.3, -0.25) is 14.5 Å². The Balaban J connectivity index is 1.61. The van der Waals surface area contributed by atoms with Crippen molar-refractivity contribution in [3.8, 4) is 0 Å². The molecule has 2 amide bonds. The molecule has 0 saturated carbocycles. The standard InChI is InChI=1S/C28H38N2O7/c1-17-16-36-10-6-9-18-7-5-8-19-13-29(15-21(18)19)27(35)37-20-11-23(26(33)34)30(14-20)25(32)22(12-24(17)31)28(2,3)4/h5,7-8,17,20,22-23H,6,9-16H2,1-4H3,(H,33,34)/t17-,20+,22+,23-/m0/s1. The quantitative estimate of drug-likeness (QED) is 0.611. The van der Waals surface area contributed by atoms with Crippen molar-refractivity contribution in [2.24, 2.45) is 17.3 Å². The molecule has 4 bridgehead atoms. The average molecular weight is 515 g/mol. The number of rotatable bonds is 1. The zero-order valence-electron chi connectivity index (χ0n) is 22.2. The molecule has 1 aromatic carbocycles. The Morgan fingerprint density at radius 1 is 1.11 bits per heavy atom. The van der Waals surface area contributed by atoms with Gasteiger partial charge in [0.05, 0.1) is 13.2 Å². The Labute approximate surface area is 218 Å². The molecule has 0 spiro atoms. The van der Waals surface area contributed by atoms with E-state index in [2.05, 4.69) is 6.07 Å². The molecule has 4 atom stereocenters. The topological polar surface area (TPSA) is 113 Å². The SMILES string of the molecule is C[C@H]1COCCCc2cccc3c2CN(C3)C(=O)O[C@@H]2C[C@@H](C(=O)O)N(C2)C(=O)[C@H](C(C)(C)C)CC1=O. The summed E-state index contributed by atoms with van der Waals surface area (Å²) in [6.45, 7) is 9.07. The minimum Gasteiger partial charge on any atom is -0.480 e. The van der Waals surface area contributed by atoms with Crippen molar-refractivity contribution in [1.29, 1.82) is 0 Å². The van der Waals surface area contributed by atoms with Crippen molar-refractivity contribution in [2.45, 2.75) is 78.6 Å². The van der Waals surface area contributed by atoms with Crippen molar-refractivity contribution in [3.63, 3.8) is 0 Å². The molecular formula is C28H38N2O7. The van der Waals surface area contributed by atoms with Crippen LogP contribution in [0.1, 0.15) is 63.6 Å². The highest BCUT2D eigenvalue weighted by molar-refractivity contribution is 5.91. The van der Waals surface area contributed by atoms with Crippen molar-refractivity contribution < 1.29 is 33.8 Å². The van der Waals surface area contributed by atoms with E-state index in [1.165, 1.54) is 4.90 Å². The maximum atomic E-state index is 13.7. The molecule has 1 fully saturated rings. The molecule has 3 aliphatic rings. The van der Waals surface area contributed by atoms with Gasteiger partial charge >= 0.3 is 12.1 Å². The number of carboxylic acids is 1. The summed E-state index contributed by atoms with van der Waals surface area (Å²) in [5.74, 6) is -2.70. The van der Waals surface area contributed by atoms with Gasteiger partial charge in [0.2, 0.25) is 5.91 Å². The lowest BCUT2D eigenvalue weighted by Gasteiger charge is -2.34. The fourth-order valence-electron chi connectivity index (χ4n) is 5.52. The van der Waals surface area contributed by atoms with E-state index in [1.54, 1.807) is 11.8 Å². The Bertz CT molecular complexity index is 1060. The Morgan fingerprint density at radius 2 is 1.84 bits per heavy atom. The van der Waals surface area contributed by atoms with Crippen molar-refractivity contribution in [3.05, 3.63) is 34.9 Å². The predicted octanol–water partition coefficient (Wildman–Crippen LogP) is 3.41. The van der Waals surface area contributed by atoms with Crippen molar-refractivity contribution in [2.75, 3.05) is 19.8 Å². The van der Waals surface area contributed by atoms with E-state index in [0.29, 0.717) is 19.7 Å². The first-order chi connectivity index (χ1) is 17.5. The third-order valence-corrected chi connectivity index (χ3v) is 7.84. The summed E-state index contributed by atoms with van der Waals surface area (Å²) in [5.41, 5.74) is 2.78. The van der Waals surface area contributed by atoms with E-state index < -0.39 is 41.4 Å². The molecule has 3 aliphatic heterocycles. The van der Waals surface area contributed by atoms with Gasteiger partial charge in [0.1, 0.15) is 17.9 Å². The van der Waals surface area contributed by atoms with E-state index in [4.69, 9.17) is 9.47 Å². The number of hydrogen-bond acceptors (Lipinski definition) is 6. The van der Waals surface area contributed by atoms with E-state index >= 15 is 0 Å². The van der Waals surface area contributed by atoms with Crippen LogP contribution in [0.3, 0.4) is 0 Å². The van der Waals surface area contributed by atoms with Gasteiger partial charge in [-0.15, -0.1) is 0 Å². The molecule has 1 saturated heterocycles.